The number of para-hydroxylation sites is 1. The van der Waals surface area contributed by atoms with E-state index in [1.807, 2.05) is 31.2 Å². The fourth-order valence-corrected chi connectivity index (χ4v) is 8.40. The summed E-state index contributed by atoms with van der Waals surface area (Å²) in [7, 11) is -2.87. The van der Waals surface area contributed by atoms with Crippen molar-refractivity contribution in [2.75, 3.05) is 0 Å². The highest BCUT2D eigenvalue weighted by molar-refractivity contribution is 9.10. The van der Waals surface area contributed by atoms with E-state index in [0.29, 0.717) is 11.4 Å². The van der Waals surface area contributed by atoms with Gasteiger partial charge < -0.3 is 9.09 Å². The molecule has 0 aliphatic rings. The van der Waals surface area contributed by atoms with E-state index < -0.39 is 12.4 Å². The Hall–Kier alpha value is -3.41. The van der Waals surface area contributed by atoms with Crippen molar-refractivity contribution in [2.24, 2.45) is 4.74 Å². The molecule has 0 aliphatic carbocycles. The smallest absolute Gasteiger partial charge is 0.271 e. The van der Waals surface area contributed by atoms with E-state index in [2.05, 4.69) is 90.7 Å². The van der Waals surface area contributed by atoms with Crippen LogP contribution in [0, 0.1) is 17.0 Å². The molecule has 0 amide bonds. The minimum absolute atomic E-state index is 0.0106. The molecule has 1 heterocycles. The second-order valence-corrected chi connectivity index (χ2v) is 14.9. The van der Waals surface area contributed by atoms with Gasteiger partial charge in [-0.25, -0.2) is 4.74 Å². The summed E-state index contributed by atoms with van der Waals surface area (Å²) in [6.45, 7) is 11.3. The van der Waals surface area contributed by atoms with Crippen LogP contribution in [0.3, 0.4) is 0 Å². The van der Waals surface area contributed by atoms with Gasteiger partial charge in [-0.05, 0) is 67.9 Å². The van der Waals surface area contributed by atoms with Crippen LogP contribution in [0.15, 0.2) is 94.1 Å². The molecule has 0 saturated heterocycles. The third-order valence-electron chi connectivity index (χ3n) is 7.03. The predicted molar refractivity (Wildman–Crippen MR) is 166 cm³/mol. The molecule has 8 heteroatoms. The van der Waals surface area contributed by atoms with Crippen molar-refractivity contribution >= 4 is 61.7 Å². The normalized spacial score (nSPS) is 13.4. The molecule has 6 nitrogen and oxygen atoms in total. The lowest BCUT2D eigenvalue weighted by Crippen LogP contribution is -2.27. The van der Waals surface area contributed by atoms with Gasteiger partial charge in [0.05, 0.1) is 10.6 Å². The van der Waals surface area contributed by atoms with E-state index in [4.69, 9.17) is 9.27 Å². The van der Waals surface area contributed by atoms with E-state index in [-0.39, 0.29) is 10.6 Å². The van der Waals surface area contributed by atoms with Crippen molar-refractivity contribution in [2.45, 2.75) is 46.3 Å². The summed E-state index contributed by atoms with van der Waals surface area (Å²) in [6, 6.07) is 27.5. The van der Waals surface area contributed by atoms with Crippen molar-refractivity contribution < 1.29 is 9.45 Å². The van der Waals surface area contributed by atoms with E-state index in [1.165, 1.54) is 17.0 Å². The first-order valence-electron chi connectivity index (χ1n) is 12.9. The Balaban J connectivity index is 1.87. The van der Waals surface area contributed by atoms with Gasteiger partial charge in [0.15, 0.2) is 7.28 Å². The number of hydrogen-bond donors (Lipinski definition) is 0. The van der Waals surface area contributed by atoms with Crippen LogP contribution in [-0.4, -0.2) is 14.6 Å². The van der Waals surface area contributed by atoms with Crippen LogP contribution in [0.25, 0.3) is 21.8 Å². The van der Waals surface area contributed by atoms with Gasteiger partial charge in [-0.3, -0.25) is 10.1 Å². The molecule has 0 saturated carbocycles. The highest BCUT2D eigenvalue weighted by Gasteiger charge is 2.39. The third-order valence-corrected chi connectivity index (χ3v) is 11.3. The molecule has 0 bridgehead atoms. The van der Waals surface area contributed by atoms with Crippen molar-refractivity contribution in [3.63, 3.8) is 0 Å². The van der Waals surface area contributed by atoms with Crippen LogP contribution < -0.4 is 9.83 Å². The van der Waals surface area contributed by atoms with Crippen LogP contribution >= 0.6 is 23.2 Å². The zero-order valence-corrected chi connectivity index (χ0v) is 25.2. The van der Waals surface area contributed by atoms with E-state index in [9.17, 15) is 10.1 Å². The van der Waals surface area contributed by atoms with E-state index in [0.717, 1.165) is 32.8 Å². The number of nitrogens with zero attached hydrogens (tertiary/aromatic N) is 3. The Bertz CT molecular complexity index is 1770. The number of aryl methyl sites for hydroxylation is 2. The summed E-state index contributed by atoms with van der Waals surface area (Å²) in [5, 5.41) is 14.5. The average molecular weight is 604 g/mol. The molecular weight excluding hydrogens is 573 g/mol. The SMILES string of the molecule is CCn1c2ccccc2c2cc(P(=Nc3cc([N+](=O)[O-])ccc3C)(Oc3ccc(Br)cc3)C(C)(C)C)ccc21. The standard InChI is InChI=1S/C31H31BrN3O3P/c1-6-34-29-10-8-7-9-26(29)27-20-25(17-18-30(27)34)39(31(3,4)5,38-24-15-12-22(32)13-16-24)33-28-19-23(35(36)37)14-11-21(28)2/h7-20H,6H2,1-5H3. The van der Waals surface area contributed by atoms with Crippen LogP contribution in [0.2, 0.25) is 0 Å². The number of nitro groups is 1. The Morgan fingerprint density at radius 3 is 2.31 bits per heavy atom. The Labute approximate surface area is 237 Å². The van der Waals surface area contributed by atoms with Crippen LogP contribution in [-0.2, 0) is 6.54 Å². The molecule has 4 aromatic carbocycles. The number of fused-ring (bicyclic) bond motifs is 3. The zero-order valence-electron chi connectivity index (χ0n) is 22.7. The first-order valence-corrected chi connectivity index (χ1v) is 15.3. The average Bonchev–Trinajstić information content (AvgIpc) is 3.22. The molecule has 0 spiro atoms. The maximum absolute atomic E-state index is 11.7. The predicted octanol–water partition coefficient (Wildman–Crippen LogP) is 9.74. The summed E-state index contributed by atoms with van der Waals surface area (Å²) < 4.78 is 15.7. The molecular formula is C31H31BrN3O3P. The fourth-order valence-electron chi connectivity index (χ4n) is 4.99. The van der Waals surface area contributed by atoms with Crippen LogP contribution in [0.1, 0.15) is 33.3 Å². The molecule has 5 aromatic rings. The van der Waals surface area contributed by atoms with Gasteiger partial charge >= 0.3 is 0 Å². The monoisotopic (exact) mass is 603 g/mol. The van der Waals surface area contributed by atoms with Gasteiger partial charge in [0, 0.05) is 55.4 Å². The largest absolute Gasteiger partial charge is 0.455 e. The Morgan fingerprint density at radius 1 is 0.949 bits per heavy atom. The molecule has 39 heavy (non-hydrogen) atoms. The molecule has 200 valence electrons. The van der Waals surface area contributed by atoms with Crippen LogP contribution in [0.4, 0.5) is 11.4 Å². The van der Waals surface area contributed by atoms with Crippen molar-refractivity contribution in [3.05, 3.63) is 105 Å². The van der Waals surface area contributed by atoms with Gasteiger partial charge in [-0.15, -0.1) is 0 Å². The maximum atomic E-state index is 11.7. The lowest BCUT2D eigenvalue weighted by Gasteiger charge is -2.37. The van der Waals surface area contributed by atoms with Gasteiger partial charge in [-0.1, -0.05) is 61.0 Å². The lowest BCUT2D eigenvalue weighted by atomic mass is 10.1. The third kappa shape index (κ3) is 4.90. The second-order valence-electron chi connectivity index (χ2n) is 10.6. The molecule has 0 aliphatic heterocycles. The zero-order chi connectivity index (χ0) is 27.9. The summed E-state index contributed by atoms with van der Waals surface area (Å²) in [4.78, 5) is 11.3. The number of hydrogen-bond acceptors (Lipinski definition) is 4. The second kappa shape index (κ2) is 10.3. The molecule has 5 rings (SSSR count). The fraction of sp³-hybridized carbons (Fsp3) is 0.226. The molecule has 1 aromatic heterocycles. The number of nitro benzene ring substituents is 1. The number of non-ortho nitro benzene ring substituents is 1. The van der Waals surface area contributed by atoms with Gasteiger partial charge in [0.1, 0.15) is 5.75 Å². The Kier molecular flexibility index (Phi) is 7.17. The number of aromatic nitrogens is 1. The summed E-state index contributed by atoms with van der Waals surface area (Å²) in [5.74, 6) is 0.698. The number of benzene rings is 4. The minimum Gasteiger partial charge on any atom is -0.455 e. The highest BCUT2D eigenvalue weighted by Crippen LogP contribution is 2.62. The van der Waals surface area contributed by atoms with Gasteiger partial charge in [0.2, 0.25) is 0 Å². The Morgan fingerprint density at radius 2 is 1.64 bits per heavy atom. The summed E-state index contributed by atoms with van der Waals surface area (Å²) in [6.07, 6.45) is 0. The minimum atomic E-state index is -2.87. The lowest BCUT2D eigenvalue weighted by molar-refractivity contribution is -0.384. The van der Waals surface area contributed by atoms with Gasteiger partial charge in [-0.2, -0.15) is 0 Å². The molecule has 1 atom stereocenters. The van der Waals surface area contributed by atoms with Crippen molar-refractivity contribution in [1.29, 1.82) is 0 Å². The quantitative estimate of drug-likeness (QED) is 0.110. The van der Waals surface area contributed by atoms with E-state index >= 15 is 0 Å². The van der Waals surface area contributed by atoms with Crippen molar-refractivity contribution in [1.82, 2.24) is 4.57 Å². The molecule has 0 radical (unpaired) electrons. The maximum Gasteiger partial charge on any atom is 0.271 e. The number of halogens is 1. The molecule has 1 unspecified atom stereocenters. The van der Waals surface area contributed by atoms with E-state index in [1.54, 1.807) is 12.1 Å². The first-order chi connectivity index (χ1) is 18.5. The summed E-state index contributed by atoms with van der Waals surface area (Å²) >= 11 is 3.52. The van der Waals surface area contributed by atoms with Crippen molar-refractivity contribution in [3.8, 4) is 5.75 Å². The highest BCUT2D eigenvalue weighted by atomic mass is 79.9. The van der Waals surface area contributed by atoms with Gasteiger partial charge in [0.25, 0.3) is 5.69 Å². The topological polar surface area (TPSA) is 69.7 Å². The first kappa shape index (κ1) is 27.2. The molecule has 0 fully saturated rings. The number of rotatable bonds is 6. The molecule has 0 N–H and O–H groups in total. The summed E-state index contributed by atoms with van der Waals surface area (Å²) in [5.41, 5.74) is 3.78. The van der Waals surface area contributed by atoms with Crippen LogP contribution in [0.5, 0.6) is 5.75 Å².